The van der Waals surface area contributed by atoms with Gasteiger partial charge in [0.2, 0.25) is 0 Å². The molecule has 122 valence electrons. The number of hydrogen-bond donors (Lipinski definition) is 3. The molecule has 0 bridgehead atoms. The Kier molecular flexibility index (Phi) is 7.22. The van der Waals surface area contributed by atoms with E-state index >= 15 is 0 Å². The third-order valence-corrected chi connectivity index (χ3v) is 3.12. The number of benzene rings is 1. The number of carbonyl (C=O) groups excluding carboxylic acids is 1. The quantitative estimate of drug-likeness (QED) is 0.643. The predicted molar refractivity (Wildman–Crippen MR) is 84.3 cm³/mol. The molecule has 0 aliphatic rings. The second kappa shape index (κ2) is 8.92. The van der Waals surface area contributed by atoms with E-state index in [4.69, 9.17) is 9.84 Å². The molecule has 1 aromatic carbocycles. The molecule has 0 heterocycles. The van der Waals surface area contributed by atoms with Crippen molar-refractivity contribution in [3.8, 4) is 5.75 Å². The molecule has 1 aromatic rings. The van der Waals surface area contributed by atoms with Gasteiger partial charge in [0.25, 0.3) is 0 Å². The Morgan fingerprint density at radius 1 is 1.27 bits per heavy atom. The summed E-state index contributed by atoms with van der Waals surface area (Å²) in [4.78, 5) is 22.0. The average Bonchev–Trinajstić information content (AvgIpc) is 2.43. The third kappa shape index (κ3) is 6.47. The van der Waals surface area contributed by atoms with Crippen LogP contribution in [-0.4, -0.2) is 36.3 Å². The second-order valence-electron chi connectivity index (χ2n) is 5.33. The fourth-order valence-electron chi connectivity index (χ4n) is 1.99. The van der Waals surface area contributed by atoms with E-state index in [9.17, 15) is 9.59 Å². The maximum atomic E-state index is 11.6. The normalized spacial score (nSPS) is 11.6. The summed E-state index contributed by atoms with van der Waals surface area (Å²) in [5, 5.41) is 13.9. The van der Waals surface area contributed by atoms with E-state index in [1.54, 1.807) is 0 Å². The van der Waals surface area contributed by atoms with Crippen LogP contribution in [0.3, 0.4) is 0 Å². The molecule has 0 aliphatic heterocycles. The monoisotopic (exact) mass is 308 g/mol. The van der Waals surface area contributed by atoms with Gasteiger partial charge in [0.15, 0.2) is 0 Å². The van der Waals surface area contributed by atoms with Gasteiger partial charge >= 0.3 is 12.0 Å². The van der Waals surface area contributed by atoms with E-state index in [0.717, 1.165) is 16.9 Å². The van der Waals surface area contributed by atoms with Crippen molar-refractivity contribution in [3.05, 3.63) is 29.3 Å². The van der Waals surface area contributed by atoms with Gasteiger partial charge in [-0.25, -0.2) is 4.79 Å². The lowest BCUT2D eigenvalue weighted by Crippen LogP contribution is -2.43. The van der Waals surface area contributed by atoms with E-state index in [0.29, 0.717) is 19.6 Å². The molecule has 0 saturated heterocycles. The van der Waals surface area contributed by atoms with Gasteiger partial charge in [-0.05, 0) is 38.3 Å². The minimum absolute atomic E-state index is 0.0471. The van der Waals surface area contributed by atoms with Crippen LogP contribution >= 0.6 is 0 Å². The second-order valence-corrected chi connectivity index (χ2v) is 5.33. The highest BCUT2D eigenvalue weighted by molar-refractivity contribution is 5.74. The minimum Gasteiger partial charge on any atom is -0.491 e. The molecular formula is C16H24N2O4. The van der Waals surface area contributed by atoms with Crippen molar-refractivity contribution in [3.63, 3.8) is 0 Å². The number of urea groups is 1. The highest BCUT2D eigenvalue weighted by atomic mass is 16.5. The summed E-state index contributed by atoms with van der Waals surface area (Å²) in [6, 6.07) is 5.47. The van der Waals surface area contributed by atoms with E-state index in [-0.39, 0.29) is 18.5 Å². The number of carboxylic acids is 1. The van der Waals surface area contributed by atoms with Crippen molar-refractivity contribution in [1.29, 1.82) is 0 Å². The van der Waals surface area contributed by atoms with Gasteiger partial charge in [0.1, 0.15) is 12.4 Å². The topological polar surface area (TPSA) is 87.7 Å². The molecule has 1 atom stereocenters. The predicted octanol–water partition coefficient (Wildman–Crippen LogP) is 2.23. The molecule has 0 radical (unpaired) electrons. The van der Waals surface area contributed by atoms with Gasteiger partial charge < -0.3 is 20.5 Å². The molecule has 1 unspecified atom stereocenters. The van der Waals surface area contributed by atoms with Crippen molar-refractivity contribution < 1.29 is 19.4 Å². The Hall–Kier alpha value is -2.24. The van der Waals surface area contributed by atoms with Crippen LogP contribution in [0.4, 0.5) is 4.79 Å². The average molecular weight is 308 g/mol. The number of carboxylic acid groups (broad SMARTS) is 1. The summed E-state index contributed by atoms with van der Waals surface area (Å²) in [7, 11) is 0. The van der Waals surface area contributed by atoms with Crippen LogP contribution in [0.5, 0.6) is 5.75 Å². The number of aliphatic carboxylic acids is 1. The van der Waals surface area contributed by atoms with Crippen molar-refractivity contribution in [2.45, 2.75) is 39.7 Å². The van der Waals surface area contributed by atoms with E-state index < -0.39 is 5.97 Å². The highest BCUT2D eigenvalue weighted by Gasteiger charge is 2.09. The van der Waals surface area contributed by atoms with E-state index in [1.807, 2.05) is 39.0 Å². The molecule has 0 aliphatic carbocycles. The molecule has 0 aromatic heterocycles. The Labute approximate surface area is 130 Å². The summed E-state index contributed by atoms with van der Waals surface area (Å²) in [6.07, 6.45) is 0.460. The smallest absolute Gasteiger partial charge is 0.315 e. The largest absolute Gasteiger partial charge is 0.491 e. The van der Waals surface area contributed by atoms with Crippen molar-refractivity contribution in [2.24, 2.45) is 0 Å². The zero-order valence-corrected chi connectivity index (χ0v) is 13.3. The summed E-state index contributed by atoms with van der Waals surface area (Å²) in [5.41, 5.74) is 2.12. The van der Waals surface area contributed by atoms with Crippen molar-refractivity contribution in [1.82, 2.24) is 10.6 Å². The van der Waals surface area contributed by atoms with Gasteiger partial charge in [-0.1, -0.05) is 18.2 Å². The van der Waals surface area contributed by atoms with Gasteiger partial charge in [0, 0.05) is 13.0 Å². The van der Waals surface area contributed by atoms with Crippen molar-refractivity contribution in [2.75, 3.05) is 13.2 Å². The fourth-order valence-corrected chi connectivity index (χ4v) is 1.99. The first-order valence-electron chi connectivity index (χ1n) is 7.35. The molecule has 6 nitrogen and oxygen atoms in total. The molecule has 22 heavy (non-hydrogen) atoms. The zero-order valence-electron chi connectivity index (χ0n) is 13.3. The Bertz CT molecular complexity index is 497. The number of rotatable bonds is 8. The van der Waals surface area contributed by atoms with Crippen LogP contribution in [-0.2, 0) is 4.79 Å². The molecule has 2 amide bonds. The van der Waals surface area contributed by atoms with Crippen LogP contribution in [0.2, 0.25) is 0 Å². The lowest BCUT2D eigenvalue weighted by Gasteiger charge is -2.17. The maximum Gasteiger partial charge on any atom is 0.315 e. The number of nitrogens with one attached hydrogen (secondary N) is 2. The maximum absolute atomic E-state index is 11.6. The Morgan fingerprint density at radius 2 is 1.91 bits per heavy atom. The summed E-state index contributed by atoms with van der Waals surface area (Å²) < 4.78 is 5.77. The fraction of sp³-hybridized carbons (Fsp3) is 0.500. The first kappa shape index (κ1) is 17.8. The molecular weight excluding hydrogens is 284 g/mol. The number of hydrogen-bond acceptors (Lipinski definition) is 3. The summed E-state index contributed by atoms with van der Waals surface area (Å²) in [5.74, 6) is -0.0180. The number of carbonyl (C=O) groups is 2. The number of aryl methyl sites for hydroxylation is 2. The van der Waals surface area contributed by atoms with Gasteiger partial charge in [-0.2, -0.15) is 0 Å². The number of amides is 2. The first-order chi connectivity index (χ1) is 10.4. The third-order valence-electron chi connectivity index (χ3n) is 3.12. The van der Waals surface area contributed by atoms with E-state index in [2.05, 4.69) is 10.6 Å². The van der Waals surface area contributed by atoms with Crippen LogP contribution < -0.4 is 15.4 Å². The lowest BCUT2D eigenvalue weighted by molar-refractivity contribution is -0.137. The highest BCUT2D eigenvalue weighted by Crippen LogP contribution is 2.22. The van der Waals surface area contributed by atoms with Crippen LogP contribution in [0.1, 0.15) is 30.9 Å². The van der Waals surface area contributed by atoms with Gasteiger partial charge in [-0.3, -0.25) is 4.79 Å². The molecule has 3 N–H and O–H groups in total. The Balaban J connectivity index is 2.29. The SMILES string of the molecule is Cc1cccc(C)c1OCC(C)NC(=O)NCCCC(=O)O. The van der Waals surface area contributed by atoms with E-state index in [1.165, 1.54) is 0 Å². The van der Waals surface area contributed by atoms with Crippen LogP contribution in [0.15, 0.2) is 18.2 Å². The molecule has 0 spiro atoms. The molecule has 0 saturated carbocycles. The Morgan fingerprint density at radius 3 is 2.50 bits per heavy atom. The first-order valence-corrected chi connectivity index (χ1v) is 7.35. The number of para-hydroxylation sites is 1. The van der Waals surface area contributed by atoms with Gasteiger partial charge in [-0.15, -0.1) is 0 Å². The zero-order chi connectivity index (χ0) is 16.5. The molecule has 1 rings (SSSR count). The summed E-state index contributed by atoms with van der Waals surface area (Å²) in [6.45, 7) is 6.52. The summed E-state index contributed by atoms with van der Waals surface area (Å²) >= 11 is 0. The number of ether oxygens (including phenoxy) is 1. The van der Waals surface area contributed by atoms with Gasteiger partial charge in [0.05, 0.1) is 6.04 Å². The standard InChI is InChI=1S/C16H24N2O4/c1-11-6-4-7-12(2)15(11)22-10-13(3)18-16(21)17-9-5-8-14(19)20/h4,6-7,13H,5,8-10H2,1-3H3,(H,19,20)(H2,17,18,21). The lowest BCUT2D eigenvalue weighted by atomic mass is 10.1. The molecule has 6 heteroatoms. The van der Waals surface area contributed by atoms with Crippen molar-refractivity contribution >= 4 is 12.0 Å². The molecule has 0 fully saturated rings. The minimum atomic E-state index is -0.863. The van der Waals surface area contributed by atoms with Crippen LogP contribution in [0.25, 0.3) is 0 Å². The van der Waals surface area contributed by atoms with Crippen LogP contribution in [0, 0.1) is 13.8 Å².